The number of ether oxygens (including phenoxy) is 1. The maximum Gasteiger partial charge on any atom is 0.212 e. The van der Waals surface area contributed by atoms with Gasteiger partial charge in [-0.1, -0.05) is 18.3 Å². The van der Waals surface area contributed by atoms with Crippen LogP contribution in [0.2, 0.25) is 0 Å². The minimum absolute atomic E-state index is 0.609. The van der Waals surface area contributed by atoms with E-state index in [1.165, 1.54) is 0 Å². The molecule has 5 heteroatoms. The van der Waals surface area contributed by atoms with Gasteiger partial charge in [-0.3, -0.25) is 0 Å². The van der Waals surface area contributed by atoms with Crippen molar-refractivity contribution in [1.82, 2.24) is 15.0 Å². The van der Waals surface area contributed by atoms with E-state index in [9.17, 15) is 0 Å². The molecule has 0 saturated carbocycles. The van der Waals surface area contributed by atoms with Crippen molar-refractivity contribution >= 4 is 12.2 Å². The first-order chi connectivity index (χ1) is 7.78. The number of aromatic nitrogens is 3. The van der Waals surface area contributed by atoms with Crippen molar-refractivity contribution in [3.8, 4) is 5.88 Å². The summed E-state index contributed by atoms with van der Waals surface area (Å²) in [6, 6.07) is 5.54. The van der Waals surface area contributed by atoms with Gasteiger partial charge in [0.2, 0.25) is 5.88 Å². The summed E-state index contributed by atoms with van der Waals surface area (Å²) < 4.78 is 5.67. The van der Waals surface area contributed by atoms with Crippen LogP contribution in [0.5, 0.6) is 5.88 Å². The van der Waals surface area contributed by atoms with Crippen LogP contribution in [-0.2, 0) is 6.42 Å². The van der Waals surface area contributed by atoms with E-state index in [-0.39, 0.29) is 0 Å². The van der Waals surface area contributed by atoms with Gasteiger partial charge in [-0.15, -0.1) is 0 Å². The van der Waals surface area contributed by atoms with Gasteiger partial charge in [0.1, 0.15) is 10.5 Å². The van der Waals surface area contributed by atoms with E-state index in [4.69, 9.17) is 17.0 Å². The van der Waals surface area contributed by atoms with E-state index in [2.05, 4.69) is 15.0 Å². The summed E-state index contributed by atoms with van der Waals surface area (Å²) in [4.78, 5) is 11.4. The van der Waals surface area contributed by atoms with E-state index >= 15 is 0 Å². The van der Waals surface area contributed by atoms with E-state index in [1.807, 2.05) is 12.1 Å². The lowest BCUT2D eigenvalue weighted by Gasteiger charge is -2.02. The predicted octanol–water partition coefficient (Wildman–Crippen LogP) is 2.13. The van der Waals surface area contributed by atoms with E-state index in [1.54, 1.807) is 25.6 Å². The Morgan fingerprint density at radius 1 is 1.31 bits per heavy atom. The molecule has 0 aliphatic heterocycles. The molecule has 0 fully saturated rings. The van der Waals surface area contributed by atoms with Crippen LogP contribution in [0.3, 0.4) is 0 Å². The summed E-state index contributed by atoms with van der Waals surface area (Å²) >= 11 is 5.02. The molecule has 2 rings (SSSR count). The standard InChI is InChI=1S/C11H11N3OS/c1-15-10-3-2-8(7-13-10)6-9-12-5-4-11(16)14-9/h2-5,7H,6H2,1H3,(H,12,14,16). The highest BCUT2D eigenvalue weighted by Crippen LogP contribution is 2.09. The van der Waals surface area contributed by atoms with E-state index in [0.717, 1.165) is 11.4 Å². The molecule has 0 saturated heterocycles. The van der Waals surface area contributed by atoms with Crippen LogP contribution < -0.4 is 4.74 Å². The monoisotopic (exact) mass is 233 g/mol. The predicted molar refractivity (Wildman–Crippen MR) is 63.0 cm³/mol. The molecule has 0 amide bonds. The number of pyridine rings is 1. The summed E-state index contributed by atoms with van der Waals surface area (Å²) in [5.74, 6) is 1.44. The summed E-state index contributed by atoms with van der Waals surface area (Å²) in [6.45, 7) is 0. The smallest absolute Gasteiger partial charge is 0.212 e. The Hall–Kier alpha value is -1.75. The number of aromatic amines is 1. The van der Waals surface area contributed by atoms with Crippen LogP contribution in [0.1, 0.15) is 11.4 Å². The molecule has 0 aliphatic carbocycles. The van der Waals surface area contributed by atoms with Crippen LogP contribution in [0, 0.1) is 4.64 Å². The van der Waals surface area contributed by atoms with Crippen molar-refractivity contribution in [3.05, 3.63) is 46.6 Å². The average molecular weight is 233 g/mol. The van der Waals surface area contributed by atoms with Gasteiger partial charge in [-0.25, -0.2) is 9.97 Å². The van der Waals surface area contributed by atoms with Crippen LogP contribution >= 0.6 is 12.2 Å². The van der Waals surface area contributed by atoms with Crippen molar-refractivity contribution in [2.75, 3.05) is 7.11 Å². The fourth-order valence-electron chi connectivity index (χ4n) is 1.33. The molecule has 2 aromatic heterocycles. The van der Waals surface area contributed by atoms with Crippen molar-refractivity contribution in [2.45, 2.75) is 6.42 Å². The summed E-state index contributed by atoms with van der Waals surface area (Å²) in [5, 5.41) is 0. The molecule has 0 atom stereocenters. The molecule has 82 valence electrons. The van der Waals surface area contributed by atoms with Crippen molar-refractivity contribution < 1.29 is 4.74 Å². The quantitative estimate of drug-likeness (QED) is 0.825. The highest BCUT2D eigenvalue weighted by Gasteiger charge is 1.99. The largest absolute Gasteiger partial charge is 0.481 e. The lowest BCUT2D eigenvalue weighted by Crippen LogP contribution is -1.97. The van der Waals surface area contributed by atoms with Gasteiger partial charge in [-0.2, -0.15) is 0 Å². The number of rotatable bonds is 3. The highest BCUT2D eigenvalue weighted by molar-refractivity contribution is 7.71. The number of H-pyrrole nitrogens is 1. The molecule has 16 heavy (non-hydrogen) atoms. The Morgan fingerprint density at radius 2 is 2.19 bits per heavy atom. The molecule has 0 spiro atoms. The van der Waals surface area contributed by atoms with Crippen LogP contribution in [0.15, 0.2) is 30.6 Å². The van der Waals surface area contributed by atoms with E-state index < -0.39 is 0 Å². The van der Waals surface area contributed by atoms with Crippen LogP contribution in [0.4, 0.5) is 0 Å². The van der Waals surface area contributed by atoms with Gasteiger partial charge in [0.25, 0.3) is 0 Å². The fraction of sp³-hybridized carbons (Fsp3) is 0.182. The van der Waals surface area contributed by atoms with Crippen molar-refractivity contribution in [1.29, 1.82) is 0 Å². The minimum atomic E-state index is 0.609. The zero-order chi connectivity index (χ0) is 11.4. The first-order valence-corrected chi connectivity index (χ1v) is 5.22. The lowest BCUT2D eigenvalue weighted by molar-refractivity contribution is 0.397. The molecule has 0 radical (unpaired) electrons. The minimum Gasteiger partial charge on any atom is -0.481 e. The summed E-state index contributed by atoms with van der Waals surface area (Å²) in [5.41, 5.74) is 1.06. The SMILES string of the molecule is COc1ccc(Cc2nccc(=S)[nH]2)cn1. The van der Waals surface area contributed by atoms with Gasteiger partial charge in [0.05, 0.1) is 7.11 Å². The van der Waals surface area contributed by atoms with Gasteiger partial charge < -0.3 is 9.72 Å². The van der Waals surface area contributed by atoms with Crippen molar-refractivity contribution in [2.24, 2.45) is 0 Å². The molecule has 0 unspecified atom stereocenters. The fourth-order valence-corrected chi connectivity index (χ4v) is 1.51. The van der Waals surface area contributed by atoms with Gasteiger partial charge >= 0.3 is 0 Å². The maximum absolute atomic E-state index is 5.02. The Bertz CT molecular complexity index is 521. The zero-order valence-corrected chi connectivity index (χ0v) is 9.62. The summed E-state index contributed by atoms with van der Waals surface area (Å²) in [7, 11) is 1.60. The molecule has 1 N–H and O–H groups in total. The third-order valence-corrected chi connectivity index (χ3v) is 2.34. The molecule has 4 nitrogen and oxygen atoms in total. The maximum atomic E-state index is 5.02. The Balaban J connectivity index is 2.17. The highest BCUT2D eigenvalue weighted by atomic mass is 32.1. The third kappa shape index (κ3) is 2.64. The molecule has 2 aromatic rings. The van der Waals surface area contributed by atoms with Gasteiger partial charge in [0.15, 0.2) is 0 Å². The number of hydrogen-bond donors (Lipinski definition) is 1. The first kappa shape index (κ1) is 10.8. The summed E-state index contributed by atoms with van der Waals surface area (Å²) in [6.07, 6.45) is 4.15. The number of hydrogen-bond acceptors (Lipinski definition) is 4. The van der Waals surface area contributed by atoms with Crippen LogP contribution in [0.25, 0.3) is 0 Å². The van der Waals surface area contributed by atoms with E-state index in [0.29, 0.717) is 16.9 Å². The zero-order valence-electron chi connectivity index (χ0n) is 8.80. The van der Waals surface area contributed by atoms with Crippen LogP contribution in [-0.4, -0.2) is 22.1 Å². The molecule has 0 bridgehead atoms. The second kappa shape index (κ2) is 4.85. The molecular formula is C11H11N3OS. The Labute approximate surface area is 98.3 Å². The van der Waals surface area contributed by atoms with Gasteiger partial charge in [0, 0.05) is 24.9 Å². The van der Waals surface area contributed by atoms with Crippen molar-refractivity contribution in [3.63, 3.8) is 0 Å². The lowest BCUT2D eigenvalue weighted by atomic mass is 10.2. The number of nitrogens with one attached hydrogen (secondary N) is 1. The molecule has 2 heterocycles. The Kier molecular flexibility index (Phi) is 3.26. The molecule has 0 aliphatic rings. The number of nitrogens with zero attached hydrogens (tertiary/aromatic N) is 2. The molecule has 0 aromatic carbocycles. The number of methoxy groups -OCH3 is 1. The topological polar surface area (TPSA) is 50.8 Å². The first-order valence-electron chi connectivity index (χ1n) is 4.81. The normalized spacial score (nSPS) is 10.1. The second-order valence-electron chi connectivity index (χ2n) is 3.27. The molecular weight excluding hydrogens is 222 g/mol. The van der Waals surface area contributed by atoms with Gasteiger partial charge in [-0.05, 0) is 11.6 Å². The third-order valence-electron chi connectivity index (χ3n) is 2.10. The Morgan fingerprint density at radius 3 is 2.81 bits per heavy atom. The second-order valence-corrected chi connectivity index (χ2v) is 3.71. The average Bonchev–Trinajstić information content (AvgIpc) is 2.30.